The highest BCUT2D eigenvalue weighted by atomic mass is 35.5. The highest BCUT2D eigenvalue weighted by molar-refractivity contribution is 6.30. The zero-order valence-corrected chi connectivity index (χ0v) is 9.78. The number of hydrogen-bond acceptors (Lipinski definition) is 5. The third kappa shape index (κ3) is 3.10. The fraction of sp³-hybridized carbons (Fsp3) is 0.333. The highest BCUT2D eigenvalue weighted by Crippen LogP contribution is 2.31. The summed E-state index contributed by atoms with van der Waals surface area (Å²) in [5.41, 5.74) is -0.976. The number of aromatic nitrogens is 1. The van der Waals surface area contributed by atoms with E-state index >= 15 is 0 Å². The number of nitro groups is 1. The lowest BCUT2D eigenvalue weighted by molar-refractivity contribution is -0.389. The summed E-state index contributed by atoms with van der Waals surface area (Å²) in [6, 6.07) is 0.782. The summed E-state index contributed by atoms with van der Waals surface area (Å²) in [4.78, 5) is 23.9. The van der Waals surface area contributed by atoms with Crippen LogP contribution in [-0.2, 0) is 16.0 Å². The Labute approximate surface area is 105 Å². The predicted molar refractivity (Wildman–Crippen MR) is 56.6 cm³/mol. The molecule has 0 fully saturated rings. The average Bonchev–Trinajstić information content (AvgIpc) is 2.27. The number of esters is 1. The first-order valence-corrected chi connectivity index (χ1v) is 4.93. The van der Waals surface area contributed by atoms with Gasteiger partial charge in [0.2, 0.25) is 0 Å². The molecule has 0 aliphatic heterocycles. The van der Waals surface area contributed by atoms with E-state index in [1.165, 1.54) is 0 Å². The summed E-state index contributed by atoms with van der Waals surface area (Å²) in [7, 11) is 1.07. The molecule has 18 heavy (non-hydrogen) atoms. The lowest BCUT2D eigenvalue weighted by atomic mass is 10.1. The van der Waals surface area contributed by atoms with Crippen LogP contribution in [0, 0.1) is 10.1 Å². The maximum Gasteiger partial charge on any atom is 0.365 e. The highest BCUT2D eigenvalue weighted by Gasteiger charge is 2.26. The number of rotatable bonds is 4. The van der Waals surface area contributed by atoms with E-state index in [1.807, 2.05) is 0 Å². The van der Waals surface area contributed by atoms with Gasteiger partial charge in [-0.25, -0.2) is 8.78 Å². The summed E-state index contributed by atoms with van der Waals surface area (Å²) in [6.45, 7) is 0. The molecule has 0 unspecified atom stereocenters. The second-order valence-corrected chi connectivity index (χ2v) is 3.51. The van der Waals surface area contributed by atoms with Gasteiger partial charge in [-0.1, -0.05) is 0 Å². The molecule has 0 amide bonds. The number of carbonyl (C=O) groups excluding carboxylic acids is 1. The molecule has 0 aliphatic rings. The lowest BCUT2D eigenvalue weighted by Crippen LogP contribution is -2.09. The van der Waals surface area contributed by atoms with Gasteiger partial charge < -0.3 is 14.9 Å². The maximum absolute atomic E-state index is 12.7. The Kier molecular flexibility index (Phi) is 4.49. The van der Waals surface area contributed by atoms with E-state index in [0.717, 1.165) is 13.2 Å². The Morgan fingerprint density at radius 1 is 1.67 bits per heavy atom. The summed E-state index contributed by atoms with van der Waals surface area (Å²) in [5, 5.41) is 9.83. The molecule has 0 N–H and O–H groups in total. The van der Waals surface area contributed by atoms with Crippen molar-refractivity contribution in [1.82, 2.24) is 4.98 Å². The van der Waals surface area contributed by atoms with Crippen LogP contribution in [-0.4, -0.2) is 23.0 Å². The molecular formula is C9H7ClF2N2O4. The smallest absolute Gasteiger partial charge is 0.365 e. The number of halogens is 3. The Hall–Kier alpha value is -1.83. The van der Waals surface area contributed by atoms with E-state index in [2.05, 4.69) is 9.72 Å². The minimum atomic E-state index is -2.99. The Bertz CT molecular complexity index is 496. The van der Waals surface area contributed by atoms with Gasteiger partial charge in [-0.05, 0) is 27.1 Å². The van der Waals surface area contributed by atoms with E-state index < -0.39 is 40.3 Å². The number of pyridine rings is 1. The van der Waals surface area contributed by atoms with Gasteiger partial charge in [0.1, 0.15) is 0 Å². The fourth-order valence-corrected chi connectivity index (χ4v) is 1.55. The topological polar surface area (TPSA) is 82.3 Å². The first kappa shape index (κ1) is 14.2. The van der Waals surface area contributed by atoms with Crippen LogP contribution in [0.5, 0.6) is 0 Å². The van der Waals surface area contributed by atoms with Crippen LogP contribution in [0.1, 0.15) is 17.6 Å². The Morgan fingerprint density at radius 3 is 2.72 bits per heavy atom. The van der Waals surface area contributed by atoms with Gasteiger partial charge in [0, 0.05) is 6.07 Å². The standard InChI is InChI=1S/C9H7ClF2N2O4/c1-18-6(15)3-4-2-5(14(16)17)13-8(10)7(4)9(11)12/h2,9H,3H2,1H3. The molecule has 0 spiro atoms. The molecule has 1 aromatic heterocycles. The quantitative estimate of drug-likeness (QED) is 0.366. The summed E-state index contributed by atoms with van der Waals surface area (Å²) in [6.07, 6.45) is -3.54. The second kappa shape index (κ2) is 5.67. The fourth-order valence-electron chi connectivity index (χ4n) is 1.26. The minimum absolute atomic E-state index is 0.274. The van der Waals surface area contributed by atoms with E-state index in [9.17, 15) is 23.7 Å². The number of ether oxygens (including phenoxy) is 1. The molecule has 6 nitrogen and oxygen atoms in total. The summed E-state index contributed by atoms with van der Waals surface area (Å²) in [5.74, 6) is -1.52. The van der Waals surface area contributed by atoms with Gasteiger partial charge in [-0.3, -0.25) is 4.79 Å². The number of hydrogen-bond donors (Lipinski definition) is 0. The molecule has 0 saturated carbocycles. The first-order chi connectivity index (χ1) is 8.36. The minimum Gasteiger partial charge on any atom is -0.469 e. The Morgan fingerprint density at radius 2 is 2.28 bits per heavy atom. The van der Waals surface area contributed by atoms with Crippen LogP contribution in [0.15, 0.2) is 6.07 Å². The second-order valence-electron chi connectivity index (χ2n) is 3.15. The van der Waals surface area contributed by atoms with Gasteiger partial charge >= 0.3 is 11.8 Å². The monoisotopic (exact) mass is 280 g/mol. The number of carbonyl (C=O) groups is 1. The van der Waals surface area contributed by atoms with Crippen LogP contribution in [0.4, 0.5) is 14.6 Å². The summed E-state index contributed by atoms with van der Waals surface area (Å²) < 4.78 is 29.8. The Balaban J connectivity index is 3.33. The molecule has 0 radical (unpaired) electrons. The largest absolute Gasteiger partial charge is 0.469 e. The molecule has 9 heteroatoms. The normalized spacial score (nSPS) is 10.5. The predicted octanol–water partition coefficient (Wildman–Crippen LogP) is 2.30. The first-order valence-electron chi connectivity index (χ1n) is 4.55. The van der Waals surface area contributed by atoms with Crippen molar-refractivity contribution >= 4 is 23.4 Å². The van der Waals surface area contributed by atoms with Crippen LogP contribution in [0.3, 0.4) is 0 Å². The molecule has 0 saturated heterocycles. The SMILES string of the molecule is COC(=O)Cc1cc([N+](=O)[O-])nc(Cl)c1C(F)F. The molecule has 0 atom stereocenters. The molecule has 0 aliphatic carbocycles. The number of methoxy groups -OCH3 is 1. The van der Waals surface area contributed by atoms with Crippen molar-refractivity contribution in [1.29, 1.82) is 0 Å². The lowest BCUT2D eigenvalue weighted by Gasteiger charge is -2.07. The van der Waals surface area contributed by atoms with E-state index in [1.54, 1.807) is 0 Å². The van der Waals surface area contributed by atoms with Crippen LogP contribution in [0.25, 0.3) is 0 Å². The number of alkyl halides is 2. The van der Waals surface area contributed by atoms with E-state index in [-0.39, 0.29) is 5.56 Å². The maximum atomic E-state index is 12.7. The molecular weight excluding hydrogens is 274 g/mol. The number of nitrogens with zero attached hydrogens (tertiary/aromatic N) is 2. The molecule has 1 rings (SSSR count). The van der Waals surface area contributed by atoms with Gasteiger partial charge in [0.05, 0.1) is 19.1 Å². The van der Waals surface area contributed by atoms with Crippen molar-refractivity contribution in [2.24, 2.45) is 0 Å². The molecule has 1 heterocycles. The summed E-state index contributed by atoms with van der Waals surface area (Å²) >= 11 is 5.45. The third-order valence-corrected chi connectivity index (χ3v) is 2.34. The molecule has 98 valence electrons. The van der Waals surface area contributed by atoms with Gasteiger partial charge in [-0.15, -0.1) is 0 Å². The van der Waals surface area contributed by atoms with E-state index in [0.29, 0.717) is 0 Å². The molecule has 0 bridgehead atoms. The van der Waals surface area contributed by atoms with Gasteiger partial charge in [-0.2, -0.15) is 0 Å². The van der Waals surface area contributed by atoms with Crippen LogP contribution >= 0.6 is 11.6 Å². The third-order valence-electron chi connectivity index (χ3n) is 2.05. The zero-order chi connectivity index (χ0) is 13.9. The van der Waals surface area contributed by atoms with Crippen molar-refractivity contribution in [3.8, 4) is 0 Å². The van der Waals surface area contributed by atoms with Crippen molar-refractivity contribution in [2.45, 2.75) is 12.8 Å². The zero-order valence-electron chi connectivity index (χ0n) is 9.02. The van der Waals surface area contributed by atoms with Crippen molar-refractivity contribution in [3.63, 3.8) is 0 Å². The van der Waals surface area contributed by atoms with Crippen LogP contribution in [0.2, 0.25) is 5.15 Å². The van der Waals surface area contributed by atoms with Crippen molar-refractivity contribution in [2.75, 3.05) is 7.11 Å². The van der Waals surface area contributed by atoms with Crippen LogP contribution < -0.4 is 0 Å². The molecule has 0 aromatic carbocycles. The average molecular weight is 281 g/mol. The van der Waals surface area contributed by atoms with Gasteiger partial charge in [0.15, 0.2) is 0 Å². The van der Waals surface area contributed by atoms with Crippen molar-refractivity contribution in [3.05, 3.63) is 32.5 Å². The van der Waals surface area contributed by atoms with Gasteiger partial charge in [0.25, 0.3) is 11.6 Å². The van der Waals surface area contributed by atoms with Crippen molar-refractivity contribution < 1.29 is 23.2 Å². The van der Waals surface area contributed by atoms with E-state index in [4.69, 9.17) is 11.6 Å². The molecule has 1 aromatic rings.